The number of likely N-dealkylation sites (tertiary alicyclic amines) is 1. The Labute approximate surface area is 123 Å². The molecule has 1 rings (SSSR count). The Hall–Kier alpha value is 0.920. The first kappa shape index (κ1) is 17.0. The van der Waals surface area contributed by atoms with Crippen LogP contribution in [0.15, 0.2) is 0 Å². The molecule has 0 aromatic heterocycles. The molecule has 0 atom stereocenters. The van der Waals surface area contributed by atoms with Crippen molar-refractivity contribution in [2.24, 2.45) is 0 Å². The molecule has 0 aromatic rings. The minimum atomic E-state index is 0.162. The monoisotopic (exact) mass is 390 g/mol. The SMILES string of the molecule is OOCCS[I+]CCOCCN1CCCCCC1. The second-order valence-corrected chi connectivity index (χ2v) is 9.97. The maximum atomic E-state index is 8.15. The number of rotatable bonds is 10. The molecule has 1 saturated heterocycles. The van der Waals surface area contributed by atoms with Gasteiger partial charge in [0.2, 0.25) is 0 Å². The molecule has 0 saturated carbocycles. The van der Waals surface area contributed by atoms with Crippen LogP contribution < -0.4 is 19.8 Å². The first-order valence-electron chi connectivity index (χ1n) is 6.71. The van der Waals surface area contributed by atoms with Crippen molar-refractivity contribution in [3.05, 3.63) is 0 Å². The molecule has 4 nitrogen and oxygen atoms in total. The molecule has 0 aromatic carbocycles. The highest BCUT2D eigenvalue weighted by atomic mass is 127. The van der Waals surface area contributed by atoms with Crippen molar-refractivity contribution in [3.63, 3.8) is 0 Å². The molecule has 6 heteroatoms. The summed E-state index contributed by atoms with van der Waals surface area (Å²) in [6.07, 6.45) is 5.51. The Kier molecular flexibility index (Phi) is 12.2. The molecule has 0 aliphatic carbocycles. The Balaban J connectivity index is 1.80. The van der Waals surface area contributed by atoms with E-state index in [1.807, 2.05) is 8.93 Å². The summed E-state index contributed by atoms with van der Waals surface area (Å²) < 4.78 is 6.87. The van der Waals surface area contributed by atoms with Crippen LogP contribution in [0.25, 0.3) is 0 Å². The number of hydrogen-bond donors (Lipinski definition) is 1. The summed E-state index contributed by atoms with van der Waals surface area (Å²) in [4.78, 5) is 6.56. The van der Waals surface area contributed by atoms with E-state index in [0.29, 0.717) is 6.61 Å². The molecule has 0 bridgehead atoms. The molecule has 1 fully saturated rings. The van der Waals surface area contributed by atoms with E-state index in [0.717, 1.165) is 25.5 Å². The van der Waals surface area contributed by atoms with Crippen LogP contribution in [0.5, 0.6) is 0 Å². The first-order valence-corrected chi connectivity index (χ1v) is 11.8. The third-order valence-corrected chi connectivity index (χ3v) is 7.91. The van der Waals surface area contributed by atoms with E-state index in [2.05, 4.69) is 9.79 Å². The van der Waals surface area contributed by atoms with Gasteiger partial charge in [0, 0.05) is 6.54 Å². The number of halogens is 1. The third kappa shape index (κ3) is 9.80. The van der Waals surface area contributed by atoms with Crippen LogP contribution in [0.2, 0.25) is 0 Å². The van der Waals surface area contributed by atoms with Gasteiger partial charge in [0.25, 0.3) is 0 Å². The predicted octanol–water partition coefficient (Wildman–Crippen LogP) is -0.894. The van der Waals surface area contributed by atoms with Gasteiger partial charge in [-0.2, -0.15) is 0 Å². The van der Waals surface area contributed by atoms with Crippen molar-refractivity contribution in [1.82, 2.24) is 4.90 Å². The van der Waals surface area contributed by atoms with Gasteiger partial charge in [-0.1, -0.05) is 12.8 Å². The van der Waals surface area contributed by atoms with Crippen LogP contribution in [0.4, 0.5) is 0 Å². The number of alkyl halides is 1. The molecule has 1 aliphatic rings. The predicted molar refractivity (Wildman–Crippen MR) is 71.6 cm³/mol. The molecule has 1 N–H and O–H groups in total. The molecule has 0 spiro atoms. The zero-order valence-electron chi connectivity index (χ0n) is 11.0. The van der Waals surface area contributed by atoms with Crippen LogP contribution in [0, 0.1) is 0 Å². The van der Waals surface area contributed by atoms with Crippen LogP contribution in [0.3, 0.4) is 0 Å². The standard InChI is InChI=1S/C12H24INO3S/c15-17-11-12-18-13-5-9-16-10-8-14-6-3-1-2-4-7-14/h1-12H2/p+1. The van der Waals surface area contributed by atoms with E-state index in [9.17, 15) is 0 Å². The van der Waals surface area contributed by atoms with Crippen LogP contribution in [0.1, 0.15) is 25.7 Å². The minimum absolute atomic E-state index is 0.162. The number of ether oxygens (including phenoxy) is 1. The number of hydrogen-bond acceptors (Lipinski definition) is 5. The van der Waals surface area contributed by atoms with Crippen LogP contribution in [-0.4, -0.2) is 59.8 Å². The summed E-state index contributed by atoms with van der Waals surface area (Å²) in [7, 11) is 1.90. The Morgan fingerprint density at radius 3 is 2.56 bits per heavy atom. The van der Waals surface area contributed by atoms with Gasteiger partial charge >= 0.3 is 19.8 Å². The number of nitrogens with zero attached hydrogens (tertiary/aromatic N) is 1. The van der Waals surface area contributed by atoms with E-state index in [1.165, 1.54) is 43.2 Å². The maximum Gasteiger partial charge on any atom is 0.356 e. The zero-order valence-corrected chi connectivity index (χ0v) is 14.0. The van der Waals surface area contributed by atoms with E-state index in [-0.39, 0.29) is 19.8 Å². The Bertz CT molecular complexity index is 181. The largest absolute Gasteiger partial charge is 0.376 e. The van der Waals surface area contributed by atoms with Gasteiger partial charge in [-0.25, -0.2) is 4.89 Å². The average Bonchev–Trinajstić information content (AvgIpc) is 2.65. The lowest BCUT2D eigenvalue weighted by Crippen LogP contribution is -3.58. The summed E-state index contributed by atoms with van der Waals surface area (Å²) in [5.74, 6) is 0.900. The second kappa shape index (κ2) is 12.9. The molecule has 1 aliphatic heterocycles. The fraction of sp³-hybridized carbons (Fsp3) is 1.00. The van der Waals surface area contributed by atoms with Gasteiger partial charge in [0.05, 0.1) is 25.6 Å². The maximum absolute atomic E-state index is 8.15. The lowest BCUT2D eigenvalue weighted by molar-refractivity contribution is -0.484. The molecule has 108 valence electrons. The van der Waals surface area contributed by atoms with Gasteiger partial charge in [-0.05, 0) is 25.9 Å². The van der Waals surface area contributed by atoms with Crippen molar-refractivity contribution in [2.75, 3.05) is 49.6 Å². The third-order valence-electron chi connectivity index (χ3n) is 2.88. The smallest absolute Gasteiger partial charge is 0.356 e. The van der Waals surface area contributed by atoms with E-state index in [1.54, 1.807) is 0 Å². The van der Waals surface area contributed by atoms with E-state index >= 15 is 0 Å². The van der Waals surface area contributed by atoms with Gasteiger partial charge < -0.3 is 9.64 Å². The van der Waals surface area contributed by atoms with Crippen molar-refractivity contribution < 1.29 is 34.7 Å². The lowest BCUT2D eigenvalue weighted by atomic mass is 10.2. The Morgan fingerprint density at radius 1 is 1.06 bits per heavy atom. The highest BCUT2D eigenvalue weighted by Gasteiger charge is 2.10. The Morgan fingerprint density at radius 2 is 1.83 bits per heavy atom. The fourth-order valence-electron chi connectivity index (χ4n) is 1.92. The molecule has 0 unspecified atom stereocenters. The van der Waals surface area contributed by atoms with Crippen LogP contribution >= 0.6 is 8.93 Å². The van der Waals surface area contributed by atoms with Gasteiger partial charge in [-0.15, -0.1) is 0 Å². The van der Waals surface area contributed by atoms with Gasteiger partial charge in [0.1, 0.15) is 8.93 Å². The van der Waals surface area contributed by atoms with Crippen molar-refractivity contribution in [1.29, 1.82) is 0 Å². The van der Waals surface area contributed by atoms with Crippen molar-refractivity contribution in [3.8, 4) is 0 Å². The summed E-state index contributed by atoms with van der Waals surface area (Å²) >= 11 is 0.162. The lowest BCUT2D eigenvalue weighted by Gasteiger charge is -2.18. The molecular formula is C12H25INO3S+. The normalized spacial score (nSPS) is 17.8. The minimum Gasteiger partial charge on any atom is -0.376 e. The summed E-state index contributed by atoms with van der Waals surface area (Å²) in [5.41, 5.74) is 0. The van der Waals surface area contributed by atoms with Crippen LogP contribution in [-0.2, 0) is 9.62 Å². The fourth-order valence-corrected chi connectivity index (χ4v) is 5.60. The summed E-state index contributed by atoms with van der Waals surface area (Å²) in [6.45, 7) is 5.84. The average molecular weight is 390 g/mol. The van der Waals surface area contributed by atoms with Gasteiger partial charge in [0.15, 0.2) is 4.43 Å². The highest BCUT2D eigenvalue weighted by Crippen LogP contribution is 2.08. The zero-order chi connectivity index (χ0) is 12.9. The molecule has 1 heterocycles. The van der Waals surface area contributed by atoms with E-state index in [4.69, 9.17) is 9.99 Å². The quantitative estimate of drug-likeness (QED) is 0.172. The van der Waals surface area contributed by atoms with E-state index < -0.39 is 0 Å². The van der Waals surface area contributed by atoms with Crippen molar-refractivity contribution >= 4 is 8.93 Å². The topological polar surface area (TPSA) is 41.9 Å². The molecule has 0 radical (unpaired) electrons. The second-order valence-electron chi connectivity index (χ2n) is 4.31. The van der Waals surface area contributed by atoms with Gasteiger partial charge in [-0.3, -0.25) is 5.26 Å². The molecular weight excluding hydrogens is 365 g/mol. The molecule has 0 amide bonds. The molecule has 18 heavy (non-hydrogen) atoms. The van der Waals surface area contributed by atoms with Crippen molar-refractivity contribution in [2.45, 2.75) is 25.7 Å². The summed E-state index contributed by atoms with van der Waals surface area (Å²) in [6, 6.07) is 0. The highest BCUT2D eigenvalue weighted by molar-refractivity contribution is 7.92. The summed E-state index contributed by atoms with van der Waals surface area (Å²) in [5, 5.41) is 8.15. The first-order chi connectivity index (χ1) is 8.93.